The number of benzene rings is 1. The van der Waals surface area contributed by atoms with Crippen LogP contribution in [-0.4, -0.2) is 13.2 Å². The summed E-state index contributed by atoms with van der Waals surface area (Å²) >= 11 is 0. The first-order valence-electron chi connectivity index (χ1n) is 6.69. The standard InChI is InChI=1S/C16H27NO/c1-15(2,3)13-8-6-7-9-14(13)18-11-10-16(4,5)12-17/h6-9H,10-12,17H2,1-5H3. The van der Waals surface area contributed by atoms with Gasteiger partial charge in [-0.2, -0.15) is 0 Å². The quantitative estimate of drug-likeness (QED) is 0.862. The highest BCUT2D eigenvalue weighted by Gasteiger charge is 2.19. The van der Waals surface area contributed by atoms with Crippen molar-refractivity contribution < 1.29 is 4.74 Å². The maximum absolute atomic E-state index is 5.95. The molecule has 0 unspecified atom stereocenters. The molecule has 2 nitrogen and oxygen atoms in total. The normalized spacial score (nSPS) is 12.6. The molecule has 0 radical (unpaired) electrons. The third-order valence-electron chi connectivity index (χ3n) is 3.28. The van der Waals surface area contributed by atoms with Crippen molar-refractivity contribution in [3.05, 3.63) is 29.8 Å². The fraction of sp³-hybridized carbons (Fsp3) is 0.625. The summed E-state index contributed by atoms with van der Waals surface area (Å²) in [5.74, 6) is 0.998. The molecule has 0 aliphatic carbocycles. The van der Waals surface area contributed by atoms with Gasteiger partial charge in [0.15, 0.2) is 0 Å². The van der Waals surface area contributed by atoms with Gasteiger partial charge >= 0.3 is 0 Å². The lowest BCUT2D eigenvalue weighted by molar-refractivity contribution is 0.230. The molecular weight excluding hydrogens is 222 g/mol. The van der Waals surface area contributed by atoms with Crippen LogP contribution in [0.5, 0.6) is 5.75 Å². The lowest BCUT2D eigenvalue weighted by Crippen LogP contribution is -2.26. The average Bonchev–Trinajstić information content (AvgIpc) is 2.28. The predicted molar refractivity (Wildman–Crippen MR) is 78.1 cm³/mol. The summed E-state index contributed by atoms with van der Waals surface area (Å²) in [6.45, 7) is 12.4. The molecule has 1 aromatic rings. The summed E-state index contributed by atoms with van der Waals surface area (Å²) < 4.78 is 5.95. The molecule has 0 fully saturated rings. The van der Waals surface area contributed by atoms with Crippen molar-refractivity contribution in [2.24, 2.45) is 11.1 Å². The van der Waals surface area contributed by atoms with Crippen LogP contribution in [0.15, 0.2) is 24.3 Å². The van der Waals surface area contributed by atoms with E-state index in [1.165, 1.54) is 5.56 Å². The first-order chi connectivity index (χ1) is 8.26. The van der Waals surface area contributed by atoms with Crippen LogP contribution in [0.2, 0.25) is 0 Å². The summed E-state index contributed by atoms with van der Waals surface area (Å²) in [6.07, 6.45) is 0.974. The Morgan fingerprint density at radius 2 is 1.67 bits per heavy atom. The van der Waals surface area contributed by atoms with Crippen molar-refractivity contribution in [1.29, 1.82) is 0 Å². The van der Waals surface area contributed by atoms with Crippen LogP contribution >= 0.6 is 0 Å². The van der Waals surface area contributed by atoms with Gasteiger partial charge in [-0.15, -0.1) is 0 Å². The Labute approximate surface area is 112 Å². The Morgan fingerprint density at radius 3 is 2.22 bits per heavy atom. The largest absolute Gasteiger partial charge is 0.493 e. The molecule has 0 amide bonds. The van der Waals surface area contributed by atoms with Gasteiger partial charge in [0.25, 0.3) is 0 Å². The fourth-order valence-electron chi connectivity index (χ4n) is 1.75. The third-order valence-corrected chi connectivity index (χ3v) is 3.28. The molecule has 0 heterocycles. The Bertz CT molecular complexity index is 377. The summed E-state index contributed by atoms with van der Waals surface area (Å²) in [5.41, 5.74) is 7.25. The molecule has 0 saturated heterocycles. The molecule has 0 spiro atoms. The molecule has 2 heteroatoms. The number of rotatable bonds is 5. The molecule has 102 valence electrons. The van der Waals surface area contributed by atoms with Crippen LogP contribution in [0.25, 0.3) is 0 Å². The zero-order chi connectivity index (χ0) is 13.8. The van der Waals surface area contributed by atoms with E-state index in [1.807, 2.05) is 6.07 Å². The van der Waals surface area contributed by atoms with E-state index < -0.39 is 0 Å². The van der Waals surface area contributed by atoms with Gasteiger partial charge in [-0.05, 0) is 35.4 Å². The number of ether oxygens (including phenoxy) is 1. The van der Waals surface area contributed by atoms with Gasteiger partial charge in [0.2, 0.25) is 0 Å². The van der Waals surface area contributed by atoms with Gasteiger partial charge in [0.05, 0.1) is 6.61 Å². The van der Waals surface area contributed by atoms with Crippen molar-refractivity contribution in [3.63, 3.8) is 0 Å². The van der Waals surface area contributed by atoms with E-state index in [-0.39, 0.29) is 10.8 Å². The highest BCUT2D eigenvalue weighted by Crippen LogP contribution is 2.31. The molecule has 1 aromatic carbocycles. The van der Waals surface area contributed by atoms with E-state index in [0.29, 0.717) is 6.54 Å². The average molecular weight is 249 g/mol. The van der Waals surface area contributed by atoms with E-state index in [4.69, 9.17) is 10.5 Å². The van der Waals surface area contributed by atoms with Gasteiger partial charge in [0.1, 0.15) is 5.75 Å². The van der Waals surface area contributed by atoms with E-state index in [0.717, 1.165) is 18.8 Å². The van der Waals surface area contributed by atoms with Crippen LogP contribution in [0.4, 0.5) is 0 Å². The number of para-hydroxylation sites is 1. The minimum atomic E-state index is 0.111. The van der Waals surface area contributed by atoms with Gasteiger partial charge in [0, 0.05) is 0 Å². The van der Waals surface area contributed by atoms with Crippen molar-refractivity contribution in [1.82, 2.24) is 0 Å². The van der Waals surface area contributed by atoms with Crippen molar-refractivity contribution in [3.8, 4) is 5.75 Å². The third kappa shape index (κ3) is 4.34. The molecule has 0 saturated carbocycles. The molecule has 0 atom stereocenters. The highest BCUT2D eigenvalue weighted by molar-refractivity contribution is 5.38. The van der Waals surface area contributed by atoms with E-state index in [1.54, 1.807) is 0 Å². The molecule has 1 rings (SSSR count). The molecule has 0 aromatic heterocycles. The summed E-state index contributed by atoms with van der Waals surface area (Å²) in [7, 11) is 0. The van der Waals surface area contributed by atoms with Crippen molar-refractivity contribution in [2.45, 2.75) is 46.5 Å². The first-order valence-corrected chi connectivity index (χ1v) is 6.69. The molecular formula is C16H27NO. The summed E-state index contributed by atoms with van der Waals surface area (Å²) in [4.78, 5) is 0. The molecule has 18 heavy (non-hydrogen) atoms. The highest BCUT2D eigenvalue weighted by atomic mass is 16.5. The Hall–Kier alpha value is -1.02. The van der Waals surface area contributed by atoms with Gasteiger partial charge < -0.3 is 10.5 Å². The van der Waals surface area contributed by atoms with E-state index in [2.05, 4.69) is 52.8 Å². The smallest absolute Gasteiger partial charge is 0.123 e. The molecule has 2 N–H and O–H groups in total. The zero-order valence-electron chi connectivity index (χ0n) is 12.4. The minimum Gasteiger partial charge on any atom is -0.493 e. The molecule has 0 aliphatic rings. The molecule has 0 aliphatic heterocycles. The SMILES string of the molecule is CC(C)(CN)CCOc1ccccc1C(C)(C)C. The Balaban J connectivity index is 2.69. The number of hydrogen-bond acceptors (Lipinski definition) is 2. The maximum Gasteiger partial charge on any atom is 0.123 e. The second-order valence-electron chi connectivity index (χ2n) is 6.71. The topological polar surface area (TPSA) is 35.2 Å². The Morgan fingerprint density at radius 1 is 1.06 bits per heavy atom. The van der Waals surface area contributed by atoms with Crippen LogP contribution < -0.4 is 10.5 Å². The van der Waals surface area contributed by atoms with Crippen molar-refractivity contribution in [2.75, 3.05) is 13.2 Å². The lowest BCUT2D eigenvalue weighted by atomic mass is 9.86. The van der Waals surface area contributed by atoms with Gasteiger partial charge in [-0.1, -0.05) is 52.8 Å². The monoisotopic (exact) mass is 249 g/mol. The van der Waals surface area contributed by atoms with Crippen LogP contribution in [-0.2, 0) is 5.41 Å². The van der Waals surface area contributed by atoms with Crippen LogP contribution in [0.3, 0.4) is 0 Å². The Kier molecular flexibility index (Phi) is 4.80. The number of hydrogen-bond donors (Lipinski definition) is 1. The van der Waals surface area contributed by atoms with Crippen LogP contribution in [0.1, 0.15) is 46.6 Å². The second kappa shape index (κ2) is 5.75. The zero-order valence-corrected chi connectivity index (χ0v) is 12.4. The second-order valence-corrected chi connectivity index (χ2v) is 6.71. The summed E-state index contributed by atoms with van der Waals surface area (Å²) in [5, 5.41) is 0. The first kappa shape index (κ1) is 15.0. The number of nitrogens with two attached hydrogens (primary N) is 1. The lowest BCUT2D eigenvalue weighted by Gasteiger charge is -2.25. The van der Waals surface area contributed by atoms with Crippen LogP contribution in [0, 0.1) is 5.41 Å². The minimum absolute atomic E-state index is 0.111. The molecule has 0 bridgehead atoms. The van der Waals surface area contributed by atoms with E-state index >= 15 is 0 Å². The van der Waals surface area contributed by atoms with Gasteiger partial charge in [-0.25, -0.2) is 0 Å². The van der Waals surface area contributed by atoms with Gasteiger partial charge in [-0.3, -0.25) is 0 Å². The maximum atomic E-state index is 5.95. The summed E-state index contributed by atoms with van der Waals surface area (Å²) in [6, 6.07) is 8.29. The predicted octanol–water partition coefficient (Wildman–Crippen LogP) is 3.74. The van der Waals surface area contributed by atoms with Crippen molar-refractivity contribution >= 4 is 0 Å². The fourth-order valence-corrected chi connectivity index (χ4v) is 1.75. The van der Waals surface area contributed by atoms with E-state index in [9.17, 15) is 0 Å².